The second kappa shape index (κ2) is 7.06. The molecule has 6 heteroatoms. The lowest BCUT2D eigenvalue weighted by Crippen LogP contribution is -2.07. The number of rotatable bonds is 3. The molecule has 3 heterocycles. The molecule has 2 aromatic heterocycles. The highest BCUT2D eigenvalue weighted by Crippen LogP contribution is 2.32. The van der Waals surface area contributed by atoms with Crippen LogP contribution in [0.25, 0.3) is 5.69 Å². The second-order valence-corrected chi connectivity index (χ2v) is 7.01. The van der Waals surface area contributed by atoms with Crippen molar-refractivity contribution < 1.29 is 0 Å². The molecule has 1 N–H and O–H groups in total. The monoisotopic (exact) mass is 372 g/mol. The van der Waals surface area contributed by atoms with Gasteiger partial charge in [-0.1, -0.05) is 29.3 Å². The van der Waals surface area contributed by atoms with Gasteiger partial charge in [-0.3, -0.25) is 4.98 Å². The summed E-state index contributed by atoms with van der Waals surface area (Å²) in [6.07, 6.45) is 5.83. The maximum absolute atomic E-state index is 6.43. The van der Waals surface area contributed by atoms with Gasteiger partial charge in [0.1, 0.15) is 5.82 Å². The average Bonchev–Trinajstić information content (AvgIpc) is 2.79. The van der Waals surface area contributed by atoms with Gasteiger partial charge in [0.15, 0.2) is 0 Å². The van der Waals surface area contributed by atoms with Gasteiger partial charge in [0.25, 0.3) is 0 Å². The molecule has 0 atom stereocenters. The van der Waals surface area contributed by atoms with Gasteiger partial charge in [-0.25, -0.2) is 4.68 Å². The van der Waals surface area contributed by atoms with Gasteiger partial charge in [0.05, 0.1) is 16.4 Å². The van der Waals surface area contributed by atoms with E-state index in [1.54, 1.807) is 6.07 Å². The Labute approximate surface area is 156 Å². The van der Waals surface area contributed by atoms with Crippen LogP contribution in [-0.4, -0.2) is 21.3 Å². The van der Waals surface area contributed by atoms with E-state index in [0.29, 0.717) is 16.5 Å². The van der Waals surface area contributed by atoms with Crippen LogP contribution in [0, 0.1) is 0 Å². The SMILES string of the molecule is Clc1ccc(-n2nc(Cc3ccccn3)c3c2NCCCC3)c(Cl)c1. The minimum atomic E-state index is 0.591. The Balaban J connectivity index is 1.81. The first-order valence-electron chi connectivity index (χ1n) is 8.42. The number of pyridine rings is 1. The zero-order valence-corrected chi connectivity index (χ0v) is 15.2. The highest BCUT2D eigenvalue weighted by Gasteiger charge is 2.22. The lowest BCUT2D eigenvalue weighted by Gasteiger charge is -2.11. The maximum atomic E-state index is 6.43. The number of hydrogen-bond donors (Lipinski definition) is 1. The fraction of sp³-hybridized carbons (Fsp3) is 0.263. The number of hydrogen-bond acceptors (Lipinski definition) is 3. The van der Waals surface area contributed by atoms with Crippen LogP contribution in [-0.2, 0) is 12.8 Å². The Morgan fingerprint density at radius 3 is 2.84 bits per heavy atom. The van der Waals surface area contributed by atoms with E-state index < -0.39 is 0 Å². The van der Waals surface area contributed by atoms with Gasteiger partial charge in [-0.2, -0.15) is 5.10 Å². The number of benzene rings is 1. The van der Waals surface area contributed by atoms with Crippen molar-refractivity contribution in [2.24, 2.45) is 0 Å². The molecule has 25 heavy (non-hydrogen) atoms. The first-order valence-corrected chi connectivity index (χ1v) is 9.18. The molecule has 4 nitrogen and oxygen atoms in total. The fourth-order valence-corrected chi connectivity index (χ4v) is 3.71. The Hall–Kier alpha value is -2.04. The Morgan fingerprint density at radius 2 is 2.04 bits per heavy atom. The highest BCUT2D eigenvalue weighted by molar-refractivity contribution is 6.35. The molecule has 0 bridgehead atoms. The molecular formula is C19H18Cl2N4. The molecule has 0 radical (unpaired) electrons. The molecule has 0 amide bonds. The van der Waals surface area contributed by atoms with Crippen LogP contribution in [0.15, 0.2) is 42.6 Å². The van der Waals surface area contributed by atoms with Crippen LogP contribution in [0.1, 0.15) is 29.8 Å². The predicted molar refractivity (Wildman–Crippen MR) is 102 cm³/mol. The van der Waals surface area contributed by atoms with Gasteiger partial charge in [0.2, 0.25) is 0 Å². The van der Waals surface area contributed by atoms with E-state index in [9.17, 15) is 0 Å². The minimum Gasteiger partial charge on any atom is -0.370 e. The van der Waals surface area contributed by atoms with Gasteiger partial charge in [-0.15, -0.1) is 0 Å². The fourth-order valence-electron chi connectivity index (χ4n) is 3.22. The number of nitrogens with zero attached hydrogens (tertiary/aromatic N) is 3. The zero-order valence-electron chi connectivity index (χ0n) is 13.7. The summed E-state index contributed by atoms with van der Waals surface area (Å²) in [6, 6.07) is 11.5. The third-order valence-corrected chi connectivity index (χ3v) is 4.96. The van der Waals surface area contributed by atoms with Crippen LogP contribution in [0.3, 0.4) is 0 Å². The summed E-state index contributed by atoms with van der Waals surface area (Å²) in [5, 5.41) is 9.61. The number of halogens is 2. The van der Waals surface area contributed by atoms with Crippen LogP contribution >= 0.6 is 23.2 Å². The molecule has 0 aliphatic carbocycles. The third kappa shape index (κ3) is 3.37. The van der Waals surface area contributed by atoms with Gasteiger partial charge in [0, 0.05) is 35.4 Å². The topological polar surface area (TPSA) is 42.7 Å². The molecule has 0 unspecified atom stereocenters. The molecule has 1 aromatic carbocycles. The van der Waals surface area contributed by atoms with E-state index in [2.05, 4.69) is 10.3 Å². The molecule has 4 rings (SSSR count). The van der Waals surface area contributed by atoms with Crippen LogP contribution < -0.4 is 5.32 Å². The standard InChI is InChI=1S/C19H18Cl2N4/c20-13-7-8-18(16(21)11-13)25-19-15(6-2-4-10-23-19)17(24-25)12-14-5-1-3-9-22-14/h1,3,5,7-9,11,23H,2,4,6,10,12H2. The average molecular weight is 373 g/mol. The lowest BCUT2D eigenvalue weighted by molar-refractivity contribution is 0.766. The van der Waals surface area contributed by atoms with Crippen LogP contribution in [0.2, 0.25) is 10.0 Å². The van der Waals surface area contributed by atoms with Crippen molar-refractivity contribution in [2.45, 2.75) is 25.7 Å². The van der Waals surface area contributed by atoms with E-state index in [0.717, 1.165) is 48.7 Å². The number of anilines is 1. The van der Waals surface area contributed by atoms with Gasteiger partial charge < -0.3 is 5.32 Å². The van der Waals surface area contributed by atoms with E-state index in [1.165, 1.54) is 5.56 Å². The van der Waals surface area contributed by atoms with Gasteiger partial charge >= 0.3 is 0 Å². The molecule has 1 aliphatic heterocycles. The van der Waals surface area contributed by atoms with Crippen molar-refractivity contribution in [3.05, 3.63) is 69.6 Å². The first kappa shape index (κ1) is 16.4. The highest BCUT2D eigenvalue weighted by atomic mass is 35.5. The van der Waals surface area contributed by atoms with Crippen LogP contribution in [0.5, 0.6) is 0 Å². The van der Waals surface area contributed by atoms with E-state index >= 15 is 0 Å². The summed E-state index contributed by atoms with van der Waals surface area (Å²) >= 11 is 12.5. The molecule has 128 valence electrons. The smallest absolute Gasteiger partial charge is 0.133 e. The predicted octanol–water partition coefficient (Wildman–Crippen LogP) is 4.91. The van der Waals surface area contributed by atoms with E-state index in [1.807, 2.05) is 41.2 Å². The Bertz CT molecular complexity index is 890. The molecule has 0 saturated heterocycles. The van der Waals surface area contributed by atoms with E-state index in [-0.39, 0.29) is 0 Å². The van der Waals surface area contributed by atoms with Gasteiger partial charge in [-0.05, 0) is 49.6 Å². The third-order valence-electron chi connectivity index (χ3n) is 4.43. The summed E-state index contributed by atoms with van der Waals surface area (Å²) in [4.78, 5) is 4.44. The normalized spacial score (nSPS) is 13.8. The Kier molecular flexibility index (Phi) is 4.64. The maximum Gasteiger partial charge on any atom is 0.133 e. The molecular weight excluding hydrogens is 355 g/mol. The zero-order chi connectivity index (χ0) is 17.2. The van der Waals surface area contributed by atoms with Crippen molar-refractivity contribution in [3.8, 4) is 5.69 Å². The summed E-state index contributed by atoms with van der Waals surface area (Å²) in [7, 11) is 0. The van der Waals surface area contributed by atoms with Crippen molar-refractivity contribution in [1.29, 1.82) is 0 Å². The Morgan fingerprint density at radius 1 is 1.12 bits per heavy atom. The summed E-state index contributed by atoms with van der Waals surface area (Å²) in [5.74, 6) is 1.03. The van der Waals surface area contributed by atoms with Crippen molar-refractivity contribution in [3.63, 3.8) is 0 Å². The summed E-state index contributed by atoms with van der Waals surface area (Å²) in [5.41, 5.74) is 4.16. The summed E-state index contributed by atoms with van der Waals surface area (Å²) in [6.45, 7) is 0.937. The second-order valence-electron chi connectivity index (χ2n) is 6.16. The van der Waals surface area contributed by atoms with Crippen LogP contribution in [0.4, 0.5) is 5.82 Å². The quantitative estimate of drug-likeness (QED) is 0.709. The van der Waals surface area contributed by atoms with Crippen molar-refractivity contribution >= 4 is 29.0 Å². The van der Waals surface area contributed by atoms with Crippen molar-refractivity contribution in [1.82, 2.24) is 14.8 Å². The summed E-state index contributed by atoms with van der Waals surface area (Å²) < 4.78 is 1.91. The first-order chi connectivity index (χ1) is 12.2. The lowest BCUT2D eigenvalue weighted by atomic mass is 10.1. The molecule has 0 fully saturated rings. The number of fused-ring (bicyclic) bond motifs is 1. The largest absolute Gasteiger partial charge is 0.370 e. The molecule has 1 aliphatic rings. The molecule has 0 spiro atoms. The van der Waals surface area contributed by atoms with E-state index in [4.69, 9.17) is 28.3 Å². The number of aromatic nitrogens is 3. The van der Waals surface area contributed by atoms with Crippen molar-refractivity contribution in [2.75, 3.05) is 11.9 Å². The molecule has 3 aromatic rings. The molecule has 0 saturated carbocycles. The number of nitrogens with one attached hydrogen (secondary N) is 1. The minimum absolute atomic E-state index is 0.591.